The Labute approximate surface area is 147 Å². The molecule has 0 aliphatic carbocycles. The number of carbonyl (C=O) groups is 2. The van der Waals surface area contributed by atoms with E-state index in [4.69, 9.17) is 9.15 Å². The van der Waals surface area contributed by atoms with Gasteiger partial charge < -0.3 is 14.5 Å². The molecular weight excluding hydrogens is 336 g/mol. The van der Waals surface area contributed by atoms with Crippen LogP contribution in [0.25, 0.3) is 11.0 Å². The number of hydrogen-bond acceptors (Lipinski definition) is 5. The van der Waals surface area contributed by atoms with Crippen LogP contribution in [0.2, 0.25) is 0 Å². The van der Waals surface area contributed by atoms with Gasteiger partial charge in [0.05, 0.1) is 6.54 Å². The Balaban J connectivity index is 1.51. The van der Waals surface area contributed by atoms with Gasteiger partial charge in [0, 0.05) is 28.4 Å². The molecule has 2 aromatic carbocycles. The van der Waals surface area contributed by atoms with E-state index in [2.05, 4.69) is 5.32 Å². The lowest BCUT2D eigenvalue weighted by atomic mass is 10.1. The second-order valence-electron chi connectivity index (χ2n) is 5.77. The van der Waals surface area contributed by atoms with Gasteiger partial charge in [-0.3, -0.25) is 9.69 Å². The Bertz CT molecular complexity index is 1060. The molecule has 1 aliphatic rings. The quantitative estimate of drug-likeness (QED) is 0.734. The van der Waals surface area contributed by atoms with E-state index in [1.807, 2.05) is 0 Å². The first-order chi connectivity index (χ1) is 12.6. The fraction of sp³-hybridized carbons (Fsp3) is 0.105. The second-order valence-corrected chi connectivity index (χ2v) is 5.77. The van der Waals surface area contributed by atoms with E-state index in [0.717, 1.165) is 0 Å². The van der Waals surface area contributed by atoms with Crippen LogP contribution in [0.3, 0.4) is 0 Å². The van der Waals surface area contributed by atoms with E-state index in [1.165, 1.54) is 11.0 Å². The maximum atomic E-state index is 12.4. The minimum atomic E-state index is -0.420. The molecule has 0 bridgehead atoms. The van der Waals surface area contributed by atoms with Crippen molar-refractivity contribution in [1.29, 1.82) is 0 Å². The zero-order valence-electron chi connectivity index (χ0n) is 13.6. The molecule has 4 rings (SSSR count). The molecule has 130 valence electrons. The van der Waals surface area contributed by atoms with Crippen LogP contribution in [0.5, 0.6) is 0 Å². The molecule has 1 aromatic heterocycles. The van der Waals surface area contributed by atoms with Crippen molar-refractivity contribution in [3.8, 4) is 0 Å². The molecule has 0 radical (unpaired) electrons. The highest BCUT2D eigenvalue weighted by molar-refractivity contribution is 6.05. The molecule has 1 N–H and O–H groups in total. The minimum Gasteiger partial charge on any atom is -0.447 e. The van der Waals surface area contributed by atoms with Gasteiger partial charge in [0.15, 0.2) is 0 Å². The molecule has 0 atom stereocenters. The summed E-state index contributed by atoms with van der Waals surface area (Å²) < 4.78 is 9.97. The number of carbonyl (C=O) groups excluding carboxylic acids is 2. The number of benzene rings is 2. The normalized spacial score (nSPS) is 13.7. The third kappa shape index (κ3) is 3.02. The number of anilines is 2. The van der Waals surface area contributed by atoms with Crippen LogP contribution in [0.1, 0.15) is 10.4 Å². The molecule has 0 spiro atoms. The topological polar surface area (TPSA) is 88.8 Å². The molecule has 1 fully saturated rings. The first-order valence-electron chi connectivity index (χ1n) is 8.00. The summed E-state index contributed by atoms with van der Waals surface area (Å²) in [7, 11) is 0. The maximum Gasteiger partial charge on any atom is 0.414 e. The lowest BCUT2D eigenvalue weighted by Crippen LogP contribution is -2.23. The van der Waals surface area contributed by atoms with Crippen LogP contribution >= 0.6 is 0 Å². The van der Waals surface area contributed by atoms with Gasteiger partial charge in [-0.2, -0.15) is 0 Å². The molecule has 3 aromatic rings. The summed E-state index contributed by atoms with van der Waals surface area (Å²) in [4.78, 5) is 36.7. The van der Waals surface area contributed by atoms with E-state index in [-0.39, 0.29) is 12.0 Å². The summed E-state index contributed by atoms with van der Waals surface area (Å²) in [6.45, 7) is 0.862. The molecule has 1 aliphatic heterocycles. The Morgan fingerprint density at radius 3 is 2.54 bits per heavy atom. The van der Waals surface area contributed by atoms with Gasteiger partial charge in [-0.05, 0) is 48.5 Å². The summed E-state index contributed by atoms with van der Waals surface area (Å²) in [5.41, 5.74) is 1.77. The molecule has 0 unspecified atom stereocenters. The van der Waals surface area contributed by atoms with Gasteiger partial charge >= 0.3 is 11.7 Å². The predicted molar refractivity (Wildman–Crippen MR) is 95.6 cm³/mol. The number of hydrogen-bond donors (Lipinski definition) is 1. The van der Waals surface area contributed by atoms with E-state index in [9.17, 15) is 14.4 Å². The zero-order valence-corrected chi connectivity index (χ0v) is 13.6. The van der Waals surface area contributed by atoms with Crippen LogP contribution in [-0.2, 0) is 4.74 Å². The van der Waals surface area contributed by atoms with Crippen LogP contribution in [0.4, 0.5) is 16.2 Å². The van der Waals surface area contributed by atoms with Crippen molar-refractivity contribution in [1.82, 2.24) is 0 Å². The Hall–Kier alpha value is -3.61. The molecule has 26 heavy (non-hydrogen) atoms. The average Bonchev–Trinajstić information content (AvgIpc) is 3.08. The SMILES string of the molecule is O=C(Nc1ccc2oc(=O)ccc2c1)c1ccc(N2CCOC2=O)cc1. The first-order valence-corrected chi connectivity index (χ1v) is 8.00. The Morgan fingerprint density at radius 1 is 1.00 bits per heavy atom. The number of ether oxygens (including phenoxy) is 1. The van der Waals surface area contributed by atoms with Crippen molar-refractivity contribution in [3.05, 3.63) is 70.6 Å². The summed E-state index contributed by atoms with van der Waals surface area (Å²) in [5.74, 6) is -0.280. The zero-order chi connectivity index (χ0) is 18.1. The van der Waals surface area contributed by atoms with Crippen LogP contribution in [0.15, 0.2) is 63.8 Å². The number of amides is 2. The lowest BCUT2D eigenvalue weighted by molar-refractivity contribution is 0.102. The third-order valence-corrected chi connectivity index (χ3v) is 4.08. The van der Waals surface area contributed by atoms with E-state index >= 15 is 0 Å². The van der Waals surface area contributed by atoms with Crippen LogP contribution in [-0.4, -0.2) is 25.2 Å². The van der Waals surface area contributed by atoms with Gasteiger partial charge in [0.1, 0.15) is 12.2 Å². The predicted octanol–water partition coefficient (Wildman–Crippen LogP) is 3.00. The third-order valence-electron chi connectivity index (χ3n) is 4.08. The maximum absolute atomic E-state index is 12.4. The molecule has 0 saturated carbocycles. The average molecular weight is 350 g/mol. The highest BCUT2D eigenvalue weighted by atomic mass is 16.6. The Kier molecular flexibility index (Phi) is 3.89. The van der Waals surface area contributed by atoms with E-state index in [0.29, 0.717) is 41.1 Å². The van der Waals surface area contributed by atoms with Crippen molar-refractivity contribution < 1.29 is 18.7 Å². The molecular formula is C19H14N2O5. The number of nitrogens with zero attached hydrogens (tertiary/aromatic N) is 1. The summed E-state index contributed by atoms with van der Waals surface area (Å²) in [5, 5.41) is 3.51. The van der Waals surface area contributed by atoms with Crippen LogP contribution in [0, 0.1) is 0 Å². The van der Waals surface area contributed by atoms with Crippen molar-refractivity contribution >= 4 is 34.3 Å². The minimum absolute atomic E-state index is 0.280. The number of nitrogens with one attached hydrogen (secondary N) is 1. The van der Waals surface area contributed by atoms with Gasteiger partial charge in [0.25, 0.3) is 5.91 Å². The summed E-state index contributed by atoms with van der Waals surface area (Å²) >= 11 is 0. The largest absolute Gasteiger partial charge is 0.447 e. The highest BCUT2D eigenvalue weighted by Gasteiger charge is 2.23. The van der Waals surface area contributed by atoms with Crippen molar-refractivity contribution in [2.75, 3.05) is 23.4 Å². The number of fused-ring (bicyclic) bond motifs is 1. The fourth-order valence-electron chi connectivity index (χ4n) is 2.77. The van der Waals surface area contributed by atoms with Crippen molar-refractivity contribution in [3.63, 3.8) is 0 Å². The van der Waals surface area contributed by atoms with E-state index in [1.54, 1.807) is 48.5 Å². The monoisotopic (exact) mass is 350 g/mol. The van der Waals surface area contributed by atoms with Gasteiger partial charge in [-0.1, -0.05) is 0 Å². The van der Waals surface area contributed by atoms with Crippen molar-refractivity contribution in [2.24, 2.45) is 0 Å². The number of cyclic esters (lactones) is 1. The van der Waals surface area contributed by atoms with Gasteiger partial charge in [0.2, 0.25) is 0 Å². The van der Waals surface area contributed by atoms with Crippen molar-refractivity contribution in [2.45, 2.75) is 0 Å². The molecule has 7 nitrogen and oxygen atoms in total. The van der Waals surface area contributed by atoms with E-state index < -0.39 is 5.63 Å². The van der Waals surface area contributed by atoms with Crippen LogP contribution < -0.4 is 15.8 Å². The number of rotatable bonds is 3. The van der Waals surface area contributed by atoms with Gasteiger partial charge in [-0.25, -0.2) is 9.59 Å². The summed E-state index contributed by atoms with van der Waals surface area (Å²) in [6, 6.07) is 14.7. The molecule has 2 heterocycles. The fourth-order valence-corrected chi connectivity index (χ4v) is 2.77. The summed E-state index contributed by atoms with van der Waals surface area (Å²) in [6.07, 6.45) is -0.384. The smallest absolute Gasteiger partial charge is 0.414 e. The standard InChI is InChI=1S/C19H14N2O5/c22-17-8-3-13-11-14(4-7-16(13)26-17)20-18(23)12-1-5-15(6-2-12)21-9-10-25-19(21)24/h1-8,11H,9-10H2,(H,20,23). The first kappa shape index (κ1) is 15.9. The lowest BCUT2D eigenvalue weighted by Gasteiger charge is -2.13. The second kappa shape index (κ2) is 6.36. The molecule has 7 heteroatoms. The molecule has 1 saturated heterocycles. The van der Waals surface area contributed by atoms with Gasteiger partial charge in [-0.15, -0.1) is 0 Å². The molecule has 2 amide bonds. The Morgan fingerprint density at radius 2 is 1.81 bits per heavy atom. The highest BCUT2D eigenvalue weighted by Crippen LogP contribution is 2.21.